The van der Waals surface area contributed by atoms with Crippen LogP contribution in [-0.2, 0) is 4.79 Å². The molecule has 1 amide bonds. The first-order valence-corrected chi connectivity index (χ1v) is 7.45. The molecule has 0 unspecified atom stereocenters. The molecule has 5 heteroatoms. The van der Waals surface area contributed by atoms with Gasteiger partial charge in [0.15, 0.2) is 0 Å². The molecule has 2 rings (SSSR count). The molecule has 98 valence electrons. The molecule has 2 aromatic rings. The highest BCUT2D eigenvalue weighted by Crippen LogP contribution is 2.21. The van der Waals surface area contributed by atoms with E-state index in [1.807, 2.05) is 36.4 Å². The van der Waals surface area contributed by atoms with Crippen molar-refractivity contribution >= 4 is 45.0 Å². The molecule has 3 N–H and O–H groups in total. The second-order valence-corrected chi connectivity index (χ2v) is 5.88. The molecular formula is C14H13BrN2OS. The van der Waals surface area contributed by atoms with Crippen molar-refractivity contribution < 1.29 is 4.79 Å². The van der Waals surface area contributed by atoms with Gasteiger partial charge in [-0.25, -0.2) is 0 Å². The Kier molecular flexibility index (Phi) is 4.87. The average molecular weight is 337 g/mol. The van der Waals surface area contributed by atoms with Crippen molar-refractivity contribution in [3.8, 4) is 0 Å². The predicted octanol–water partition coefficient (Wildman–Crippen LogP) is 3.76. The van der Waals surface area contributed by atoms with Gasteiger partial charge in [-0.3, -0.25) is 4.79 Å². The normalized spacial score (nSPS) is 10.2. The topological polar surface area (TPSA) is 55.1 Å². The van der Waals surface area contributed by atoms with Crippen LogP contribution in [0, 0.1) is 0 Å². The van der Waals surface area contributed by atoms with Crippen LogP contribution in [0.1, 0.15) is 0 Å². The van der Waals surface area contributed by atoms with Crippen molar-refractivity contribution in [1.82, 2.24) is 0 Å². The van der Waals surface area contributed by atoms with Gasteiger partial charge in [0.05, 0.1) is 5.75 Å². The fourth-order valence-electron chi connectivity index (χ4n) is 1.49. The van der Waals surface area contributed by atoms with Crippen molar-refractivity contribution in [3.63, 3.8) is 0 Å². The summed E-state index contributed by atoms with van der Waals surface area (Å²) in [5.41, 5.74) is 7.01. The van der Waals surface area contributed by atoms with E-state index in [0.29, 0.717) is 11.4 Å². The standard InChI is InChI=1S/C14H13BrN2OS/c15-10-4-6-13(7-5-10)19-9-14(18)17-12-3-1-2-11(16)8-12/h1-8H,9,16H2,(H,17,18). The summed E-state index contributed by atoms with van der Waals surface area (Å²) in [6.07, 6.45) is 0. The molecule has 0 saturated carbocycles. The number of nitrogens with two attached hydrogens (primary N) is 1. The zero-order valence-corrected chi connectivity index (χ0v) is 12.5. The van der Waals surface area contributed by atoms with Crippen LogP contribution in [0.5, 0.6) is 0 Å². The maximum atomic E-state index is 11.8. The molecule has 3 nitrogen and oxygen atoms in total. The van der Waals surface area contributed by atoms with Crippen LogP contribution in [-0.4, -0.2) is 11.7 Å². The van der Waals surface area contributed by atoms with Crippen LogP contribution in [0.3, 0.4) is 0 Å². The van der Waals surface area contributed by atoms with Crippen molar-refractivity contribution in [2.45, 2.75) is 4.90 Å². The van der Waals surface area contributed by atoms with Gasteiger partial charge in [-0.2, -0.15) is 0 Å². The first kappa shape index (κ1) is 14.0. The van der Waals surface area contributed by atoms with Crippen LogP contribution in [0.2, 0.25) is 0 Å². The van der Waals surface area contributed by atoms with E-state index < -0.39 is 0 Å². The Morgan fingerprint density at radius 2 is 1.95 bits per heavy atom. The van der Waals surface area contributed by atoms with Crippen molar-refractivity contribution in [2.24, 2.45) is 0 Å². The summed E-state index contributed by atoms with van der Waals surface area (Å²) in [6.45, 7) is 0. The summed E-state index contributed by atoms with van der Waals surface area (Å²) in [5.74, 6) is 0.328. The number of rotatable bonds is 4. The summed E-state index contributed by atoms with van der Waals surface area (Å²) in [6, 6.07) is 15.0. The van der Waals surface area contributed by atoms with Gasteiger partial charge in [0.1, 0.15) is 0 Å². The maximum absolute atomic E-state index is 11.8. The Balaban J connectivity index is 1.86. The number of carbonyl (C=O) groups excluding carboxylic acids is 1. The first-order chi connectivity index (χ1) is 9.13. The Labute approximate surface area is 124 Å². The van der Waals surface area contributed by atoms with Gasteiger partial charge >= 0.3 is 0 Å². The number of benzene rings is 2. The fraction of sp³-hybridized carbons (Fsp3) is 0.0714. The molecule has 0 aromatic heterocycles. The summed E-state index contributed by atoms with van der Waals surface area (Å²) < 4.78 is 1.03. The van der Waals surface area contributed by atoms with E-state index in [2.05, 4.69) is 21.2 Å². The van der Waals surface area contributed by atoms with E-state index in [1.165, 1.54) is 11.8 Å². The highest BCUT2D eigenvalue weighted by molar-refractivity contribution is 9.10. The molecule has 0 atom stereocenters. The summed E-state index contributed by atoms with van der Waals surface area (Å²) in [5, 5.41) is 2.82. The molecule has 0 heterocycles. The minimum Gasteiger partial charge on any atom is -0.399 e. The lowest BCUT2D eigenvalue weighted by Gasteiger charge is -2.06. The molecule has 0 aliphatic heterocycles. The lowest BCUT2D eigenvalue weighted by atomic mass is 10.3. The quantitative estimate of drug-likeness (QED) is 0.660. The number of nitrogens with one attached hydrogen (secondary N) is 1. The van der Waals surface area contributed by atoms with Crippen LogP contribution in [0.15, 0.2) is 57.9 Å². The van der Waals surface area contributed by atoms with Gasteiger partial charge in [0, 0.05) is 20.7 Å². The lowest BCUT2D eigenvalue weighted by molar-refractivity contribution is -0.113. The zero-order valence-electron chi connectivity index (χ0n) is 10.1. The number of thioether (sulfide) groups is 1. The van der Waals surface area contributed by atoms with Gasteiger partial charge in [0.25, 0.3) is 0 Å². The van der Waals surface area contributed by atoms with E-state index in [9.17, 15) is 4.79 Å². The Morgan fingerprint density at radius 3 is 2.63 bits per heavy atom. The minimum absolute atomic E-state index is 0.0430. The molecule has 0 fully saturated rings. The average Bonchev–Trinajstić information content (AvgIpc) is 2.38. The molecule has 0 bridgehead atoms. The Bertz CT molecular complexity index is 572. The summed E-state index contributed by atoms with van der Waals surface area (Å²) >= 11 is 4.87. The van der Waals surface area contributed by atoms with Crippen molar-refractivity contribution in [1.29, 1.82) is 0 Å². The Hall–Kier alpha value is -1.46. The number of amides is 1. The van der Waals surface area contributed by atoms with Gasteiger partial charge in [-0.1, -0.05) is 22.0 Å². The maximum Gasteiger partial charge on any atom is 0.234 e. The van der Waals surface area contributed by atoms with Crippen LogP contribution in [0.25, 0.3) is 0 Å². The molecule has 0 spiro atoms. The van der Waals surface area contributed by atoms with Gasteiger partial charge in [-0.15, -0.1) is 11.8 Å². The second-order valence-electron chi connectivity index (χ2n) is 3.92. The zero-order chi connectivity index (χ0) is 13.7. The SMILES string of the molecule is Nc1cccc(NC(=O)CSc2ccc(Br)cc2)c1. The third-order valence-electron chi connectivity index (χ3n) is 2.35. The van der Waals surface area contributed by atoms with E-state index in [-0.39, 0.29) is 5.91 Å². The molecule has 2 aromatic carbocycles. The second kappa shape index (κ2) is 6.63. The molecule has 0 aliphatic carbocycles. The van der Waals surface area contributed by atoms with Crippen LogP contribution in [0.4, 0.5) is 11.4 Å². The molecule has 19 heavy (non-hydrogen) atoms. The van der Waals surface area contributed by atoms with Gasteiger partial charge in [0.2, 0.25) is 5.91 Å². The van der Waals surface area contributed by atoms with E-state index >= 15 is 0 Å². The monoisotopic (exact) mass is 336 g/mol. The lowest BCUT2D eigenvalue weighted by Crippen LogP contribution is -2.14. The fourth-order valence-corrected chi connectivity index (χ4v) is 2.46. The third kappa shape index (κ3) is 4.61. The number of hydrogen-bond acceptors (Lipinski definition) is 3. The number of carbonyl (C=O) groups is 1. The summed E-state index contributed by atoms with van der Waals surface area (Å²) in [7, 11) is 0. The third-order valence-corrected chi connectivity index (χ3v) is 3.89. The van der Waals surface area contributed by atoms with E-state index in [0.717, 1.165) is 15.1 Å². The van der Waals surface area contributed by atoms with E-state index in [4.69, 9.17) is 5.73 Å². The van der Waals surface area contributed by atoms with Gasteiger partial charge in [-0.05, 0) is 42.5 Å². The highest BCUT2D eigenvalue weighted by Gasteiger charge is 2.04. The number of nitrogen functional groups attached to an aromatic ring is 1. The van der Waals surface area contributed by atoms with Crippen molar-refractivity contribution in [2.75, 3.05) is 16.8 Å². The molecule has 0 aliphatic rings. The van der Waals surface area contributed by atoms with E-state index in [1.54, 1.807) is 12.1 Å². The largest absolute Gasteiger partial charge is 0.399 e. The summed E-state index contributed by atoms with van der Waals surface area (Å²) in [4.78, 5) is 12.8. The first-order valence-electron chi connectivity index (χ1n) is 5.67. The number of halogens is 1. The molecular weight excluding hydrogens is 324 g/mol. The highest BCUT2D eigenvalue weighted by atomic mass is 79.9. The predicted molar refractivity (Wildman–Crippen MR) is 84.4 cm³/mol. The smallest absolute Gasteiger partial charge is 0.234 e. The molecule has 0 saturated heterocycles. The van der Waals surface area contributed by atoms with Crippen LogP contribution >= 0.6 is 27.7 Å². The van der Waals surface area contributed by atoms with Crippen molar-refractivity contribution in [3.05, 3.63) is 53.0 Å². The Morgan fingerprint density at radius 1 is 1.21 bits per heavy atom. The van der Waals surface area contributed by atoms with Gasteiger partial charge < -0.3 is 11.1 Å². The number of hydrogen-bond donors (Lipinski definition) is 2. The number of anilines is 2. The minimum atomic E-state index is -0.0430. The van der Waals surface area contributed by atoms with Crippen LogP contribution < -0.4 is 11.1 Å². The molecule has 0 radical (unpaired) electrons.